The second-order valence-corrected chi connectivity index (χ2v) is 6.09. The van der Waals surface area contributed by atoms with Crippen molar-refractivity contribution in [3.63, 3.8) is 0 Å². The minimum atomic E-state index is 0.388. The highest BCUT2D eigenvalue weighted by molar-refractivity contribution is 5.55. The molecule has 0 amide bonds. The molecule has 21 heavy (non-hydrogen) atoms. The molecule has 5 nitrogen and oxygen atoms in total. The Morgan fingerprint density at radius 3 is 2.38 bits per heavy atom. The van der Waals surface area contributed by atoms with Gasteiger partial charge in [0.05, 0.1) is 0 Å². The van der Waals surface area contributed by atoms with Crippen molar-refractivity contribution in [2.45, 2.75) is 40.5 Å². The van der Waals surface area contributed by atoms with Crippen molar-refractivity contribution in [1.29, 1.82) is 0 Å². The molecule has 0 unspecified atom stereocenters. The topological polar surface area (TPSA) is 77.8 Å². The van der Waals surface area contributed by atoms with Crippen LogP contribution in [0, 0.1) is 25.7 Å². The van der Waals surface area contributed by atoms with Crippen LogP contribution in [0.2, 0.25) is 0 Å². The summed E-state index contributed by atoms with van der Waals surface area (Å²) in [4.78, 5) is 8.85. The van der Waals surface area contributed by atoms with Gasteiger partial charge in [-0.1, -0.05) is 19.0 Å². The van der Waals surface area contributed by atoms with Gasteiger partial charge >= 0.3 is 0 Å². The Labute approximate surface area is 126 Å². The van der Waals surface area contributed by atoms with E-state index >= 15 is 0 Å². The van der Waals surface area contributed by atoms with E-state index in [1.54, 1.807) is 0 Å². The van der Waals surface area contributed by atoms with E-state index in [0.717, 1.165) is 29.8 Å². The maximum Gasteiger partial charge on any atom is 0.227 e. The normalized spacial score (nSPS) is 12.9. The highest BCUT2D eigenvalue weighted by atomic mass is 16.5. The summed E-state index contributed by atoms with van der Waals surface area (Å²) in [6.45, 7) is 8.97. The molecule has 0 aliphatic heterocycles. The molecule has 2 aromatic rings. The van der Waals surface area contributed by atoms with Gasteiger partial charge in [-0.2, -0.15) is 4.98 Å². The average molecular weight is 288 g/mol. The second kappa shape index (κ2) is 6.80. The summed E-state index contributed by atoms with van der Waals surface area (Å²) < 4.78 is 5.38. The number of rotatable bonds is 6. The van der Waals surface area contributed by atoms with Crippen molar-refractivity contribution in [3.05, 3.63) is 29.4 Å². The molecule has 0 radical (unpaired) electrons. The molecule has 1 atom stereocenters. The molecule has 2 heterocycles. The number of hydrogen-bond donors (Lipinski definition) is 1. The molecule has 0 fully saturated rings. The van der Waals surface area contributed by atoms with Gasteiger partial charge in [0.15, 0.2) is 0 Å². The summed E-state index contributed by atoms with van der Waals surface area (Å²) in [6, 6.07) is 3.94. The maximum atomic E-state index is 5.83. The summed E-state index contributed by atoms with van der Waals surface area (Å²) in [7, 11) is 0. The van der Waals surface area contributed by atoms with E-state index in [0.29, 0.717) is 30.1 Å². The van der Waals surface area contributed by atoms with Crippen LogP contribution in [-0.4, -0.2) is 21.7 Å². The van der Waals surface area contributed by atoms with Gasteiger partial charge in [-0.25, -0.2) is 0 Å². The lowest BCUT2D eigenvalue weighted by molar-refractivity contribution is 0.332. The first-order valence-corrected chi connectivity index (χ1v) is 7.46. The molecule has 0 saturated carbocycles. The third-order valence-corrected chi connectivity index (χ3v) is 3.41. The quantitative estimate of drug-likeness (QED) is 0.884. The SMILES string of the molecule is Cc1cc(-c2noc(C[C@@H](CN)CC(C)C)n2)cc(C)n1. The van der Waals surface area contributed by atoms with E-state index in [9.17, 15) is 0 Å². The first-order valence-electron chi connectivity index (χ1n) is 7.46. The number of nitrogens with zero attached hydrogens (tertiary/aromatic N) is 3. The van der Waals surface area contributed by atoms with Crippen LogP contribution in [0.5, 0.6) is 0 Å². The minimum absolute atomic E-state index is 0.388. The lowest BCUT2D eigenvalue weighted by Crippen LogP contribution is -2.19. The molecule has 2 rings (SSSR count). The van der Waals surface area contributed by atoms with Gasteiger partial charge < -0.3 is 10.3 Å². The van der Waals surface area contributed by atoms with Crippen LogP contribution in [0.1, 0.15) is 37.5 Å². The fraction of sp³-hybridized carbons (Fsp3) is 0.562. The summed E-state index contributed by atoms with van der Waals surface area (Å²) >= 11 is 0. The molecule has 0 aromatic carbocycles. The Kier molecular flexibility index (Phi) is 5.07. The Morgan fingerprint density at radius 2 is 1.81 bits per heavy atom. The predicted molar refractivity (Wildman–Crippen MR) is 82.7 cm³/mol. The molecule has 114 valence electrons. The second-order valence-electron chi connectivity index (χ2n) is 6.09. The molecule has 2 aromatic heterocycles. The van der Waals surface area contributed by atoms with E-state index in [4.69, 9.17) is 10.3 Å². The lowest BCUT2D eigenvalue weighted by Gasteiger charge is -2.14. The van der Waals surface area contributed by atoms with Gasteiger partial charge in [0, 0.05) is 23.4 Å². The van der Waals surface area contributed by atoms with Crippen molar-refractivity contribution in [3.8, 4) is 11.4 Å². The van der Waals surface area contributed by atoms with Crippen LogP contribution >= 0.6 is 0 Å². The van der Waals surface area contributed by atoms with E-state index in [1.807, 2.05) is 26.0 Å². The zero-order chi connectivity index (χ0) is 15.4. The molecule has 0 aliphatic rings. The zero-order valence-corrected chi connectivity index (χ0v) is 13.3. The van der Waals surface area contributed by atoms with Crippen LogP contribution in [-0.2, 0) is 6.42 Å². The van der Waals surface area contributed by atoms with Crippen molar-refractivity contribution in [2.75, 3.05) is 6.54 Å². The molecule has 0 spiro atoms. The number of hydrogen-bond acceptors (Lipinski definition) is 5. The van der Waals surface area contributed by atoms with E-state index in [1.165, 1.54) is 0 Å². The summed E-state index contributed by atoms with van der Waals surface area (Å²) in [5.41, 5.74) is 8.69. The molecular weight excluding hydrogens is 264 g/mol. The van der Waals surface area contributed by atoms with Crippen LogP contribution in [0.25, 0.3) is 11.4 Å². The third-order valence-electron chi connectivity index (χ3n) is 3.41. The van der Waals surface area contributed by atoms with Crippen LogP contribution in [0.15, 0.2) is 16.7 Å². The number of aryl methyl sites for hydroxylation is 2. The smallest absolute Gasteiger partial charge is 0.227 e. The standard InChI is InChI=1S/C16H24N4O/c1-10(2)5-13(9-17)8-15-19-16(20-21-15)14-6-11(3)18-12(4)7-14/h6-7,10,13H,5,8-9,17H2,1-4H3/t13-/m0/s1. The molecule has 5 heteroatoms. The predicted octanol–water partition coefficient (Wildman–Crippen LogP) is 2.91. The number of aromatic nitrogens is 3. The summed E-state index contributed by atoms with van der Waals surface area (Å²) in [5.74, 6) is 2.29. The average Bonchev–Trinajstić information content (AvgIpc) is 2.84. The van der Waals surface area contributed by atoms with Crippen molar-refractivity contribution in [2.24, 2.45) is 17.6 Å². The van der Waals surface area contributed by atoms with Gasteiger partial charge in [0.25, 0.3) is 0 Å². The first-order chi connectivity index (χ1) is 9.97. The maximum absolute atomic E-state index is 5.83. The van der Waals surface area contributed by atoms with E-state index in [2.05, 4.69) is 29.0 Å². The largest absolute Gasteiger partial charge is 0.339 e. The summed E-state index contributed by atoms with van der Waals surface area (Å²) in [5, 5.41) is 4.08. The summed E-state index contributed by atoms with van der Waals surface area (Å²) in [6.07, 6.45) is 1.81. The van der Waals surface area contributed by atoms with Crippen molar-refractivity contribution >= 4 is 0 Å². The van der Waals surface area contributed by atoms with Crippen LogP contribution in [0.3, 0.4) is 0 Å². The molecule has 0 aliphatic carbocycles. The Bertz CT molecular complexity index is 571. The molecule has 0 bridgehead atoms. The lowest BCUT2D eigenvalue weighted by atomic mass is 9.94. The van der Waals surface area contributed by atoms with Gasteiger partial charge in [0.2, 0.25) is 11.7 Å². The Morgan fingerprint density at radius 1 is 1.14 bits per heavy atom. The van der Waals surface area contributed by atoms with Gasteiger partial charge in [-0.05, 0) is 50.8 Å². The highest BCUT2D eigenvalue weighted by Crippen LogP contribution is 2.20. The van der Waals surface area contributed by atoms with E-state index < -0.39 is 0 Å². The van der Waals surface area contributed by atoms with Crippen molar-refractivity contribution < 1.29 is 4.52 Å². The molecule has 0 saturated heterocycles. The fourth-order valence-electron chi connectivity index (χ4n) is 2.60. The van der Waals surface area contributed by atoms with Gasteiger partial charge in [-0.15, -0.1) is 0 Å². The number of pyridine rings is 1. The van der Waals surface area contributed by atoms with Gasteiger partial charge in [0.1, 0.15) is 0 Å². The van der Waals surface area contributed by atoms with Crippen LogP contribution in [0.4, 0.5) is 0 Å². The molecular formula is C16H24N4O. The van der Waals surface area contributed by atoms with Crippen LogP contribution < -0.4 is 5.73 Å². The molecule has 2 N–H and O–H groups in total. The van der Waals surface area contributed by atoms with E-state index in [-0.39, 0.29) is 0 Å². The highest BCUT2D eigenvalue weighted by Gasteiger charge is 2.16. The monoisotopic (exact) mass is 288 g/mol. The fourth-order valence-corrected chi connectivity index (χ4v) is 2.60. The van der Waals surface area contributed by atoms with Crippen molar-refractivity contribution in [1.82, 2.24) is 15.1 Å². The zero-order valence-electron chi connectivity index (χ0n) is 13.3. The third kappa shape index (κ3) is 4.36. The van der Waals surface area contributed by atoms with Gasteiger partial charge in [-0.3, -0.25) is 4.98 Å². The first kappa shape index (κ1) is 15.6. The Balaban J connectivity index is 2.13. The Hall–Kier alpha value is -1.75. The minimum Gasteiger partial charge on any atom is -0.339 e. The number of nitrogens with two attached hydrogens (primary N) is 1.